The highest BCUT2D eigenvalue weighted by Crippen LogP contribution is 2.19. The first kappa shape index (κ1) is 43.7. The van der Waals surface area contributed by atoms with Gasteiger partial charge in [0.1, 0.15) is 11.6 Å². The molecule has 0 aromatic carbocycles. The molecule has 3 nitrogen and oxygen atoms in total. The van der Waals surface area contributed by atoms with Gasteiger partial charge >= 0.3 is 0 Å². The topological polar surface area (TPSA) is 34.1 Å². The number of quaternary nitrogens is 1. The second-order valence-electron chi connectivity index (χ2n) is 14.4. The SMILES string of the molecule is CCCCCCCCCCCCCCCC(=O)CC(C[N+](C)(C)C)C(=O)CCCCCCCCCCCCCCC.[Cl-]. The van der Waals surface area contributed by atoms with E-state index >= 15 is 0 Å². The molecule has 0 bridgehead atoms. The lowest BCUT2D eigenvalue weighted by Crippen LogP contribution is -3.00. The largest absolute Gasteiger partial charge is 1.00 e. The molecule has 0 saturated heterocycles. The van der Waals surface area contributed by atoms with E-state index in [9.17, 15) is 9.59 Å². The molecule has 252 valence electrons. The maximum atomic E-state index is 13.1. The molecule has 0 amide bonds. The zero-order chi connectivity index (χ0) is 30.4. The van der Waals surface area contributed by atoms with E-state index in [1.165, 1.54) is 141 Å². The number of Topliss-reactive ketones (excluding diaryl/α,β-unsaturated/α-hetero) is 2. The van der Waals surface area contributed by atoms with Crippen LogP contribution in [0.1, 0.15) is 200 Å². The third-order valence-electron chi connectivity index (χ3n) is 8.78. The molecule has 42 heavy (non-hydrogen) atoms. The summed E-state index contributed by atoms with van der Waals surface area (Å²) in [5.74, 6) is 0.548. The van der Waals surface area contributed by atoms with Crippen molar-refractivity contribution in [3.05, 3.63) is 0 Å². The van der Waals surface area contributed by atoms with Gasteiger partial charge in [-0.25, -0.2) is 0 Å². The second-order valence-corrected chi connectivity index (χ2v) is 14.4. The minimum atomic E-state index is -0.0956. The molecule has 0 N–H and O–H groups in total. The van der Waals surface area contributed by atoms with Crippen LogP contribution < -0.4 is 12.4 Å². The van der Waals surface area contributed by atoms with Crippen molar-refractivity contribution in [2.45, 2.75) is 200 Å². The minimum Gasteiger partial charge on any atom is -1.00 e. The molecule has 0 aromatic rings. The van der Waals surface area contributed by atoms with Crippen LogP contribution in [0.3, 0.4) is 0 Å². The van der Waals surface area contributed by atoms with Crippen molar-refractivity contribution in [3.8, 4) is 0 Å². The van der Waals surface area contributed by atoms with Crippen LogP contribution in [0.25, 0.3) is 0 Å². The van der Waals surface area contributed by atoms with Crippen LogP contribution in [-0.4, -0.2) is 43.7 Å². The van der Waals surface area contributed by atoms with Gasteiger partial charge in [-0.1, -0.05) is 168 Å². The number of nitrogens with zero attached hydrogens (tertiary/aromatic N) is 1. The van der Waals surface area contributed by atoms with E-state index in [0.717, 1.165) is 36.7 Å². The number of unbranched alkanes of at least 4 members (excludes halogenated alkanes) is 24. The number of hydrogen-bond donors (Lipinski definition) is 0. The van der Waals surface area contributed by atoms with Gasteiger partial charge in [0.25, 0.3) is 0 Å². The van der Waals surface area contributed by atoms with Crippen LogP contribution in [-0.2, 0) is 9.59 Å². The van der Waals surface area contributed by atoms with Gasteiger partial charge in [0.05, 0.1) is 33.6 Å². The summed E-state index contributed by atoms with van der Waals surface area (Å²) in [6.45, 7) is 5.34. The number of carbonyl (C=O) groups excluding carboxylic acids is 2. The van der Waals surface area contributed by atoms with Gasteiger partial charge in [0, 0.05) is 19.3 Å². The third-order valence-corrected chi connectivity index (χ3v) is 8.78. The Kier molecular flexibility index (Phi) is 33.3. The Morgan fingerprint density at radius 2 is 0.738 bits per heavy atom. The molecule has 0 radical (unpaired) electrons. The molecule has 0 spiro atoms. The number of carbonyl (C=O) groups is 2. The Bertz CT molecular complexity index is 586. The van der Waals surface area contributed by atoms with Crippen molar-refractivity contribution < 1.29 is 26.5 Å². The van der Waals surface area contributed by atoms with Crippen molar-refractivity contribution in [2.24, 2.45) is 5.92 Å². The highest BCUT2D eigenvalue weighted by atomic mass is 35.5. The van der Waals surface area contributed by atoms with Crippen LogP contribution in [0.4, 0.5) is 0 Å². The molecule has 0 heterocycles. The van der Waals surface area contributed by atoms with Gasteiger partial charge in [-0.3, -0.25) is 9.59 Å². The molecular formula is C38H76ClNO2. The van der Waals surface area contributed by atoms with Crippen LogP contribution in [0.2, 0.25) is 0 Å². The average molecular weight is 614 g/mol. The van der Waals surface area contributed by atoms with E-state index in [-0.39, 0.29) is 18.3 Å². The molecular weight excluding hydrogens is 538 g/mol. The standard InChI is InChI=1S/C38H76NO2.ClH/c1-6-8-10-12-14-16-18-20-22-24-26-28-30-32-37(40)34-36(35-39(3,4)5)38(41)33-31-29-27-25-23-21-19-17-15-13-11-9-7-2;/h36H,6-35H2,1-5H3;1H/q+1;/p-1. The Labute approximate surface area is 271 Å². The lowest BCUT2D eigenvalue weighted by Gasteiger charge is -2.28. The summed E-state index contributed by atoms with van der Waals surface area (Å²) in [5, 5.41) is 0. The molecule has 0 fully saturated rings. The summed E-state index contributed by atoms with van der Waals surface area (Å²) in [5.41, 5.74) is 0. The minimum absolute atomic E-state index is 0. The van der Waals surface area contributed by atoms with E-state index in [4.69, 9.17) is 0 Å². The monoisotopic (exact) mass is 614 g/mol. The van der Waals surface area contributed by atoms with Crippen LogP contribution in [0, 0.1) is 5.92 Å². The normalized spacial score (nSPS) is 12.3. The molecule has 0 aromatic heterocycles. The Morgan fingerprint density at radius 3 is 1.05 bits per heavy atom. The van der Waals surface area contributed by atoms with Crippen LogP contribution in [0.15, 0.2) is 0 Å². The highest BCUT2D eigenvalue weighted by Gasteiger charge is 2.27. The van der Waals surface area contributed by atoms with Crippen molar-refractivity contribution in [3.63, 3.8) is 0 Å². The summed E-state index contributed by atoms with van der Waals surface area (Å²) in [6.07, 6.45) is 36.2. The molecule has 0 aliphatic carbocycles. The van der Waals surface area contributed by atoms with Crippen LogP contribution in [0.5, 0.6) is 0 Å². The van der Waals surface area contributed by atoms with Crippen LogP contribution >= 0.6 is 0 Å². The molecule has 0 rings (SSSR count). The first-order valence-electron chi connectivity index (χ1n) is 18.6. The summed E-state index contributed by atoms with van der Waals surface area (Å²) in [7, 11) is 6.42. The van der Waals surface area contributed by atoms with E-state index in [1.54, 1.807) is 0 Å². The molecule has 0 saturated carbocycles. The lowest BCUT2D eigenvalue weighted by atomic mass is 9.91. The average Bonchev–Trinajstić information content (AvgIpc) is 2.92. The maximum Gasteiger partial charge on any atom is 0.142 e. The van der Waals surface area contributed by atoms with Gasteiger partial charge in [0.2, 0.25) is 0 Å². The van der Waals surface area contributed by atoms with E-state index in [1.807, 2.05) is 0 Å². The van der Waals surface area contributed by atoms with E-state index in [2.05, 4.69) is 35.0 Å². The number of rotatable bonds is 33. The molecule has 0 aliphatic heterocycles. The fraction of sp³-hybridized carbons (Fsp3) is 0.947. The summed E-state index contributed by atoms with van der Waals surface area (Å²) >= 11 is 0. The lowest BCUT2D eigenvalue weighted by molar-refractivity contribution is -0.872. The Balaban J connectivity index is 0. The molecule has 1 atom stereocenters. The summed E-state index contributed by atoms with van der Waals surface area (Å²) < 4.78 is 0.751. The zero-order valence-electron chi connectivity index (χ0n) is 29.4. The van der Waals surface area contributed by atoms with Crippen molar-refractivity contribution >= 4 is 11.6 Å². The first-order chi connectivity index (χ1) is 19.8. The summed E-state index contributed by atoms with van der Waals surface area (Å²) in [6, 6.07) is 0. The van der Waals surface area contributed by atoms with Gasteiger partial charge in [-0.2, -0.15) is 0 Å². The fourth-order valence-electron chi connectivity index (χ4n) is 6.18. The smallest absolute Gasteiger partial charge is 0.142 e. The summed E-state index contributed by atoms with van der Waals surface area (Å²) in [4.78, 5) is 25.9. The third kappa shape index (κ3) is 32.5. The fourth-order valence-corrected chi connectivity index (χ4v) is 6.18. The Hall–Kier alpha value is -0.410. The van der Waals surface area contributed by atoms with Gasteiger partial charge < -0.3 is 16.9 Å². The first-order valence-corrected chi connectivity index (χ1v) is 18.6. The number of halogens is 1. The highest BCUT2D eigenvalue weighted by molar-refractivity contribution is 5.88. The second kappa shape index (κ2) is 32.0. The van der Waals surface area contributed by atoms with Gasteiger partial charge in [0.15, 0.2) is 0 Å². The molecule has 0 aliphatic rings. The van der Waals surface area contributed by atoms with Crippen molar-refractivity contribution in [1.82, 2.24) is 0 Å². The van der Waals surface area contributed by atoms with Crippen molar-refractivity contribution in [2.75, 3.05) is 27.7 Å². The van der Waals surface area contributed by atoms with Gasteiger partial charge in [-0.05, 0) is 12.8 Å². The zero-order valence-corrected chi connectivity index (χ0v) is 30.2. The maximum absolute atomic E-state index is 13.1. The number of ketones is 2. The molecule has 4 heteroatoms. The van der Waals surface area contributed by atoms with E-state index in [0.29, 0.717) is 30.8 Å². The van der Waals surface area contributed by atoms with Crippen molar-refractivity contribution in [1.29, 1.82) is 0 Å². The predicted octanol–water partition coefficient (Wildman–Crippen LogP) is 8.80. The molecule has 1 unspecified atom stereocenters. The van der Waals surface area contributed by atoms with E-state index < -0.39 is 0 Å². The Morgan fingerprint density at radius 1 is 0.452 bits per heavy atom. The number of hydrogen-bond acceptors (Lipinski definition) is 2. The predicted molar refractivity (Wildman–Crippen MR) is 182 cm³/mol. The van der Waals surface area contributed by atoms with Gasteiger partial charge in [-0.15, -0.1) is 0 Å². The quantitative estimate of drug-likeness (QED) is 0.0547.